The van der Waals surface area contributed by atoms with Gasteiger partial charge in [-0.3, -0.25) is 4.79 Å². The minimum absolute atomic E-state index is 0.0202. The van der Waals surface area contributed by atoms with E-state index in [9.17, 15) is 10.1 Å². The molecule has 1 atom stereocenters. The van der Waals surface area contributed by atoms with Gasteiger partial charge in [0.15, 0.2) is 11.5 Å². The molecule has 0 bridgehead atoms. The Labute approximate surface area is 222 Å². The Kier molecular flexibility index (Phi) is 6.89. The summed E-state index contributed by atoms with van der Waals surface area (Å²) in [6.07, 6.45) is 6.21. The maximum atomic E-state index is 13.0. The van der Waals surface area contributed by atoms with Gasteiger partial charge in [-0.05, 0) is 74.1 Å². The average molecular weight is 507 g/mol. The summed E-state index contributed by atoms with van der Waals surface area (Å²) >= 11 is 0. The number of nitrogens with zero attached hydrogens (tertiary/aromatic N) is 3. The monoisotopic (exact) mass is 506 g/mol. The van der Waals surface area contributed by atoms with Gasteiger partial charge >= 0.3 is 0 Å². The van der Waals surface area contributed by atoms with Crippen molar-refractivity contribution in [1.29, 1.82) is 5.26 Å². The number of benzene rings is 2. The van der Waals surface area contributed by atoms with E-state index in [2.05, 4.69) is 40.2 Å². The van der Waals surface area contributed by atoms with Crippen LogP contribution in [0.25, 0.3) is 17.1 Å². The minimum Gasteiger partial charge on any atom is -0.493 e. The maximum Gasteiger partial charge on any atom is 0.248 e. The SMILES string of the molecule is COc1ccc(NC(=O)C=Cc2c(C#N)c3c(C)cc(C)nc3n2[C@H]2CCCc3ccccc32)cc1OC. The molecule has 0 spiro atoms. The minimum atomic E-state index is -0.317. The molecule has 5 rings (SSSR count). The van der Waals surface area contributed by atoms with Crippen LogP contribution in [0.2, 0.25) is 0 Å². The standard InChI is InChI=1S/C31H30N4O3/c1-19-16-20(2)33-31-30(19)24(18-32)26(35(31)25-11-7-9-21-8-5-6-10-23(21)25)13-15-29(36)34-22-12-14-27(37-3)28(17-22)38-4/h5-6,8,10,12-17,25H,7,9,11H2,1-4H3,(H,34,36)/t25-/m0/s1. The van der Waals surface area contributed by atoms with Crippen LogP contribution in [0.15, 0.2) is 54.6 Å². The number of hydrogen-bond donors (Lipinski definition) is 1. The first-order valence-electron chi connectivity index (χ1n) is 12.7. The van der Waals surface area contributed by atoms with Gasteiger partial charge in [0, 0.05) is 28.9 Å². The lowest BCUT2D eigenvalue weighted by Crippen LogP contribution is -2.19. The molecule has 2 aromatic heterocycles. The summed E-state index contributed by atoms with van der Waals surface area (Å²) in [7, 11) is 3.11. The Balaban J connectivity index is 1.60. The molecule has 0 fully saturated rings. The second-order valence-electron chi connectivity index (χ2n) is 9.52. The number of nitrogens with one attached hydrogen (secondary N) is 1. The Morgan fingerprint density at radius 1 is 1.13 bits per heavy atom. The number of methoxy groups -OCH3 is 2. The summed E-state index contributed by atoms with van der Waals surface area (Å²) in [5.41, 5.74) is 7.02. The van der Waals surface area contributed by atoms with E-state index in [0.29, 0.717) is 28.4 Å². The number of fused-ring (bicyclic) bond motifs is 2. The molecule has 0 aliphatic heterocycles. The van der Waals surface area contributed by atoms with Crippen LogP contribution in [0, 0.1) is 25.2 Å². The number of pyridine rings is 1. The zero-order valence-electron chi connectivity index (χ0n) is 22.0. The van der Waals surface area contributed by atoms with Gasteiger partial charge in [-0.25, -0.2) is 4.98 Å². The fourth-order valence-electron chi connectivity index (χ4n) is 5.50. The molecule has 1 aliphatic carbocycles. The molecule has 0 radical (unpaired) electrons. The zero-order valence-corrected chi connectivity index (χ0v) is 22.0. The smallest absolute Gasteiger partial charge is 0.248 e. The summed E-state index contributed by atoms with van der Waals surface area (Å²) in [6.45, 7) is 3.98. The van der Waals surface area contributed by atoms with Gasteiger partial charge in [0.25, 0.3) is 0 Å². The van der Waals surface area contributed by atoms with Gasteiger partial charge in [0.05, 0.1) is 31.5 Å². The van der Waals surface area contributed by atoms with Crippen LogP contribution in [0.1, 0.15) is 52.5 Å². The van der Waals surface area contributed by atoms with E-state index in [0.717, 1.165) is 41.6 Å². The fourth-order valence-corrected chi connectivity index (χ4v) is 5.50. The second-order valence-corrected chi connectivity index (χ2v) is 9.52. The van der Waals surface area contributed by atoms with E-state index in [1.807, 2.05) is 19.9 Å². The van der Waals surface area contributed by atoms with Crippen molar-refractivity contribution in [3.8, 4) is 17.6 Å². The van der Waals surface area contributed by atoms with Gasteiger partial charge in [-0.1, -0.05) is 24.3 Å². The van der Waals surface area contributed by atoms with Crippen LogP contribution in [0.3, 0.4) is 0 Å². The average Bonchev–Trinajstić information content (AvgIpc) is 3.24. The molecule has 1 amide bonds. The van der Waals surface area contributed by atoms with Crippen LogP contribution in [0.4, 0.5) is 5.69 Å². The van der Waals surface area contributed by atoms with E-state index in [-0.39, 0.29) is 11.9 Å². The molecule has 0 saturated carbocycles. The lowest BCUT2D eigenvalue weighted by Gasteiger charge is -2.28. The molecular weight excluding hydrogens is 476 g/mol. The van der Waals surface area contributed by atoms with Gasteiger partial charge in [0.2, 0.25) is 5.91 Å². The summed E-state index contributed by atoms with van der Waals surface area (Å²) < 4.78 is 12.8. The van der Waals surface area contributed by atoms with E-state index in [1.54, 1.807) is 38.5 Å². The van der Waals surface area contributed by atoms with Crippen LogP contribution in [0.5, 0.6) is 11.5 Å². The topological polar surface area (TPSA) is 89.2 Å². The van der Waals surface area contributed by atoms with Crippen molar-refractivity contribution in [1.82, 2.24) is 9.55 Å². The number of rotatable bonds is 6. The van der Waals surface area contributed by atoms with E-state index in [1.165, 1.54) is 17.2 Å². The third-order valence-electron chi connectivity index (χ3n) is 7.12. The largest absolute Gasteiger partial charge is 0.493 e. The van der Waals surface area contributed by atoms with Crippen molar-refractivity contribution >= 4 is 28.7 Å². The van der Waals surface area contributed by atoms with Gasteiger partial charge < -0.3 is 19.4 Å². The van der Waals surface area contributed by atoms with Crippen molar-refractivity contribution in [2.45, 2.75) is 39.2 Å². The lowest BCUT2D eigenvalue weighted by molar-refractivity contribution is -0.111. The number of anilines is 1. The highest BCUT2D eigenvalue weighted by Gasteiger charge is 2.28. The Morgan fingerprint density at radius 2 is 1.92 bits per heavy atom. The van der Waals surface area contributed by atoms with Crippen LogP contribution >= 0.6 is 0 Å². The predicted octanol–water partition coefficient (Wildman–Crippen LogP) is 6.12. The van der Waals surface area contributed by atoms with E-state index < -0.39 is 0 Å². The number of carbonyl (C=O) groups excluding carboxylic acids is 1. The summed E-state index contributed by atoms with van der Waals surface area (Å²) in [5, 5.41) is 14.0. The van der Waals surface area contributed by atoms with Gasteiger partial charge in [-0.2, -0.15) is 5.26 Å². The van der Waals surface area contributed by atoms with Crippen molar-refractivity contribution in [3.63, 3.8) is 0 Å². The number of hydrogen-bond acceptors (Lipinski definition) is 5. The Morgan fingerprint density at radius 3 is 2.68 bits per heavy atom. The highest BCUT2D eigenvalue weighted by atomic mass is 16.5. The van der Waals surface area contributed by atoms with Crippen LogP contribution in [-0.2, 0) is 11.2 Å². The molecule has 1 N–H and O–H groups in total. The first-order valence-corrected chi connectivity index (χ1v) is 12.7. The van der Waals surface area contributed by atoms with Crippen LogP contribution in [-0.4, -0.2) is 29.7 Å². The highest BCUT2D eigenvalue weighted by molar-refractivity contribution is 6.03. The molecule has 2 heterocycles. The highest BCUT2D eigenvalue weighted by Crippen LogP contribution is 2.39. The zero-order chi connectivity index (χ0) is 26.8. The fraction of sp³-hybridized carbons (Fsp3) is 0.258. The summed E-state index contributed by atoms with van der Waals surface area (Å²) in [4.78, 5) is 17.9. The molecular formula is C31H30N4O3. The Bertz CT molecular complexity index is 1610. The number of carbonyl (C=O) groups is 1. The van der Waals surface area contributed by atoms with Gasteiger partial charge in [0.1, 0.15) is 11.7 Å². The molecule has 1 aliphatic rings. The van der Waals surface area contributed by atoms with E-state index in [4.69, 9.17) is 14.5 Å². The number of aryl methyl sites for hydroxylation is 3. The molecule has 0 unspecified atom stereocenters. The molecule has 7 nitrogen and oxygen atoms in total. The third kappa shape index (κ3) is 4.50. The lowest BCUT2D eigenvalue weighted by atomic mass is 9.87. The number of aromatic nitrogens is 2. The number of ether oxygens (including phenoxy) is 2. The van der Waals surface area contributed by atoms with Crippen LogP contribution < -0.4 is 14.8 Å². The number of nitriles is 1. The van der Waals surface area contributed by atoms with E-state index >= 15 is 0 Å². The summed E-state index contributed by atoms with van der Waals surface area (Å²) in [6, 6.07) is 18.1. The molecule has 192 valence electrons. The van der Waals surface area contributed by atoms with Crippen molar-refractivity contribution < 1.29 is 14.3 Å². The summed E-state index contributed by atoms with van der Waals surface area (Å²) in [5.74, 6) is 0.784. The van der Waals surface area contributed by atoms with Gasteiger partial charge in [-0.15, -0.1) is 0 Å². The Hall–Kier alpha value is -4.57. The van der Waals surface area contributed by atoms with Crippen molar-refractivity contribution in [2.75, 3.05) is 19.5 Å². The predicted molar refractivity (Wildman–Crippen MR) is 149 cm³/mol. The maximum absolute atomic E-state index is 13.0. The molecule has 7 heteroatoms. The first-order chi connectivity index (χ1) is 18.4. The van der Waals surface area contributed by atoms with Crippen molar-refractivity contribution in [3.05, 3.63) is 88.2 Å². The number of amides is 1. The second kappa shape index (κ2) is 10.4. The molecule has 2 aromatic carbocycles. The molecule has 4 aromatic rings. The normalized spacial score (nSPS) is 14.8. The third-order valence-corrected chi connectivity index (χ3v) is 7.12. The first kappa shape index (κ1) is 25.1. The quantitative estimate of drug-likeness (QED) is 0.318. The molecule has 0 saturated heterocycles. The van der Waals surface area contributed by atoms with Crippen molar-refractivity contribution in [2.24, 2.45) is 0 Å². The molecule has 38 heavy (non-hydrogen) atoms.